The molecule has 1 heterocycles. The van der Waals surface area contributed by atoms with Crippen molar-refractivity contribution in [1.82, 2.24) is 15.5 Å². The van der Waals surface area contributed by atoms with Gasteiger partial charge in [-0.05, 0) is 37.0 Å². The highest BCUT2D eigenvalue weighted by molar-refractivity contribution is 14.0. The maximum atomic E-state index is 11.8. The van der Waals surface area contributed by atoms with Crippen molar-refractivity contribution < 1.29 is 9.53 Å². The molecule has 1 saturated carbocycles. The molecule has 0 spiro atoms. The van der Waals surface area contributed by atoms with E-state index in [-0.39, 0.29) is 36.5 Å². The van der Waals surface area contributed by atoms with Crippen molar-refractivity contribution in [3.8, 4) is 5.75 Å². The van der Waals surface area contributed by atoms with Gasteiger partial charge in [0.2, 0.25) is 0 Å². The number of nitrogens with zero attached hydrogens (tertiary/aromatic N) is 2. The summed E-state index contributed by atoms with van der Waals surface area (Å²) in [5, 5.41) is 7.07. The fourth-order valence-corrected chi connectivity index (χ4v) is 4.24. The van der Waals surface area contributed by atoms with Gasteiger partial charge in [0.25, 0.3) is 5.91 Å². The first kappa shape index (κ1) is 23.1. The molecule has 1 saturated heterocycles. The molecule has 1 aromatic rings. The van der Waals surface area contributed by atoms with Gasteiger partial charge < -0.3 is 20.3 Å². The Bertz CT molecular complexity index is 669. The molecule has 1 aliphatic carbocycles. The van der Waals surface area contributed by atoms with Crippen LogP contribution in [0.2, 0.25) is 0 Å². The van der Waals surface area contributed by atoms with Gasteiger partial charge in [0.15, 0.2) is 12.6 Å². The van der Waals surface area contributed by atoms with Crippen LogP contribution in [0.5, 0.6) is 5.75 Å². The molecule has 2 aliphatic rings. The van der Waals surface area contributed by atoms with Crippen molar-refractivity contribution in [2.75, 3.05) is 32.5 Å². The molecule has 0 bridgehead atoms. The molecular weight excluding hydrogens is 487 g/mol. The highest BCUT2D eigenvalue weighted by Crippen LogP contribution is 2.21. The van der Waals surface area contributed by atoms with Gasteiger partial charge >= 0.3 is 0 Å². The lowest BCUT2D eigenvalue weighted by atomic mass is 10.2. The summed E-state index contributed by atoms with van der Waals surface area (Å²) in [6, 6.07) is 8.24. The van der Waals surface area contributed by atoms with Crippen molar-refractivity contribution in [2.24, 2.45) is 4.99 Å². The van der Waals surface area contributed by atoms with Crippen LogP contribution in [-0.2, 0) is 11.3 Å². The first-order valence-corrected chi connectivity index (χ1v) is 10.8. The van der Waals surface area contributed by atoms with Crippen LogP contribution in [0.4, 0.5) is 0 Å². The molecule has 1 atom stereocenters. The average molecular weight is 518 g/mol. The van der Waals surface area contributed by atoms with Crippen LogP contribution in [0, 0.1) is 0 Å². The second-order valence-electron chi connectivity index (χ2n) is 7.03. The SMILES string of the molecule is CCC1CN(C(=NC)NCc2cccc(OCC(=O)NC3CC3)c2)CCS1.I. The van der Waals surface area contributed by atoms with Crippen LogP contribution < -0.4 is 15.4 Å². The van der Waals surface area contributed by atoms with Gasteiger partial charge in [0.05, 0.1) is 0 Å². The molecular formula is C20H31IN4O2S. The third-order valence-corrected chi connectivity index (χ3v) is 6.14. The van der Waals surface area contributed by atoms with Crippen LogP contribution in [0.3, 0.4) is 0 Å². The Morgan fingerprint density at radius 1 is 1.39 bits per heavy atom. The summed E-state index contributed by atoms with van der Waals surface area (Å²) in [6.07, 6.45) is 3.36. The maximum absolute atomic E-state index is 11.8. The summed E-state index contributed by atoms with van der Waals surface area (Å²) in [4.78, 5) is 18.5. The van der Waals surface area contributed by atoms with Crippen LogP contribution in [0.15, 0.2) is 29.3 Å². The minimum atomic E-state index is -0.0464. The van der Waals surface area contributed by atoms with Gasteiger partial charge in [-0.2, -0.15) is 11.8 Å². The molecule has 1 aromatic carbocycles. The van der Waals surface area contributed by atoms with E-state index in [0.717, 1.165) is 49.0 Å². The van der Waals surface area contributed by atoms with Gasteiger partial charge in [0.1, 0.15) is 5.75 Å². The first-order chi connectivity index (χ1) is 13.2. The standard InChI is InChI=1S/C20H30N4O2S.HI/c1-3-18-13-24(9-10-27-18)20(21-2)22-12-15-5-4-6-17(11-15)26-14-19(25)23-16-7-8-16;/h4-6,11,16,18H,3,7-10,12-14H2,1-2H3,(H,21,22)(H,23,25);1H. The van der Waals surface area contributed by atoms with Crippen LogP contribution in [-0.4, -0.2) is 60.6 Å². The molecule has 2 fully saturated rings. The average Bonchev–Trinajstić information content (AvgIpc) is 3.51. The molecule has 0 radical (unpaired) electrons. The van der Waals surface area contributed by atoms with E-state index in [2.05, 4.69) is 45.3 Å². The molecule has 8 heteroatoms. The molecule has 6 nitrogen and oxygen atoms in total. The van der Waals surface area contributed by atoms with E-state index in [9.17, 15) is 4.79 Å². The van der Waals surface area contributed by atoms with E-state index in [4.69, 9.17) is 4.74 Å². The Morgan fingerprint density at radius 2 is 2.21 bits per heavy atom. The molecule has 1 amide bonds. The van der Waals surface area contributed by atoms with Gasteiger partial charge in [-0.15, -0.1) is 24.0 Å². The van der Waals surface area contributed by atoms with Crippen molar-refractivity contribution >= 4 is 47.6 Å². The second kappa shape index (κ2) is 11.7. The summed E-state index contributed by atoms with van der Waals surface area (Å²) in [6.45, 7) is 5.06. The quantitative estimate of drug-likeness (QED) is 0.330. The maximum Gasteiger partial charge on any atom is 0.258 e. The lowest BCUT2D eigenvalue weighted by Crippen LogP contribution is -2.47. The monoisotopic (exact) mass is 518 g/mol. The summed E-state index contributed by atoms with van der Waals surface area (Å²) in [5.41, 5.74) is 1.11. The third kappa shape index (κ3) is 7.35. The zero-order valence-corrected chi connectivity index (χ0v) is 19.8. The molecule has 0 aromatic heterocycles. The predicted octanol–water partition coefficient (Wildman–Crippen LogP) is 2.86. The number of benzene rings is 1. The fourth-order valence-electron chi connectivity index (χ4n) is 3.06. The third-order valence-electron chi connectivity index (χ3n) is 4.77. The number of halogens is 1. The van der Waals surface area contributed by atoms with Crippen molar-refractivity contribution in [3.05, 3.63) is 29.8 Å². The number of carbonyl (C=O) groups is 1. The van der Waals surface area contributed by atoms with E-state index in [1.807, 2.05) is 25.2 Å². The summed E-state index contributed by atoms with van der Waals surface area (Å²) in [7, 11) is 1.84. The van der Waals surface area contributed by atoms with E-state index < -0.39 is 0 Å². The smallest absolute Gasteiger partial charge is 0.258 e. The van der Waals surface area contributed by atoms with Crippen LogP contribution >= 0.6 is 35.7 Å². The predicted molar refractivity (Wildman–Crippen MR) is 127 cm³/mol. The zero-order chi connectivity index (χ0) is 19.1. The molecule has 156 valence electrons. The summed E-state index contributed by atoms with van der Waals surface area (Å²) < 4.78 is 5.63. The lowest BCUT2D eigenvalue weighted by molar-refractivity contribution is -0.123. The Kier molecular flexibility index (Phi) is 9.70. The van der Waals surface area contributed by atoms with Gasteiger partial charge in [0, 0.05) is 43.7 Å². The molecule has 1 aliphatic heterocycles. The Hall–Kier alpha value is -1.16. The minimum Gasteiger partial charge on any atom is -0.484 e. The number of carbonyl (C=O) groups excluding carboxylic acids is 1. The fraction of sp³-hybridized carbons (Fsp3) is 0.600. The number of aliphatic imine (C=N–C) groups is 1. The Labute approximate surface area is 189 Å². The van der Waals surface area contributed by atoms with E-state index in [1.54, 1.807) is 0 Å². The van der Waals surface area contributed by atoms with Gasteiger partial charge in [-0.25, -0.2) is 0 Å². The number of rotatable bonds is 7. The van der Waals surface area contributed by atoms with E-state index in [1.165, 1.54) is 6.42 Å². The Balaban J connectivity index is 0.00000280. The summed E-state index contributed by atoms with van der Waals surface area (Å²) >= 11 is 2.05. The van der Waals surface area contributed by atoms with Gasteiger partial charge in [-0.3, -0.25) is 9.79 Å². The van der Waals surface area contributed by atoms with Crippen molar-refractivity contribution in [2.45, 2.75) is 44.0 Å². The normalized spacial score (nSPS) is 19.6. The number of hydrogen-bond donors (Lipinski definition) is 2. The van der Waals surface area contributed by atoms with Crippen molar-refractivity contribution in [1.29, 1.82) is 0 Å². The van der Waals surface area contributed by atoms with E-state index >= 15 is 0 Å². The molecule has 3 rings (SSSR count). The van der Waals surface area contributed by atoms with E-state index in [0.29, 0.717) is 17.8 Å². The largest absolute Gasteiger partial charge is 0.484 e. The first-order valence-electron chi connectivity index (χ1n) is 9.76. The van der Waals surface area contributed by atoms with Crippen LogP contribution in [0.1, 0.15) is 31.7 Å². The zero-order valence-electron chi connectivity index (χ0n) is 16.6. The molecule has 2 N–H and O–H groups in total. The topological polar surface area (TPSA) is 66.0 Å². The lowest BCUT2D eigenvalue weighted by Gasteiger charge is -2.34. The number of nitrogens with one attached hydrogen (secondary N) is 2. The second-order valence-corrected chi connectivity index (χ2v) is 8.43. The van der Waals surface area contributed by atoms with Crippen LogP contribution in [0.25, 0.3) is 0 Å². The van der Waals surface area contributed by atoms with Gasteiger partial charge in [-0.1, -0.05) is 19.1 Å². The molecule has 1 unspecified atom stereocenters. The summed E-state index contributed by atoms with van der Waals surface area (Å²) in [5.74, 6) is 2.76. The molecule has 28 heavy (non-hydrogen) atoms. The minimum absolute atomic E-state index is 0. The number of thioether (sulfide) groups is 1. The highest BCUT2D eigenvalue weighted by Gasteiger charge is 2.23. The number of amides is 1. The Morgan fingerprint density at radius 3 is 2.93 bits per heavy atom. The number of ether oxygens (including phenoxy) is 1. The van der Waals surface area contributed by atoms with Crippen molar-refractivity contribution in [3.63, 3.8) is 0 Å². The number of hydrogen-bond acceptors (Lipinski definition) is 4. The number of guanidine groups is 1. The highest BCUT2D eigenvalue weighted by atomic mass is 127.